The summed E-state index contributed by atoms with van der Waals surface area (Å²) >= 11 is 0. The molecule has 0 aromatic heterocycles. The standard InChI is InChI=1S/C8H14O2.C6H9NO4/c1-3-10-7(9)8(2)5-4-6-8;1-7(11-5-9)6(10)3-2-4-8/h3-6H2,1-2H3;4-5H,2-3H2,1H3. The lowest BCUT2D eigenvalue weighted by atomic mass is 9.70. The van der Waals surface area contributed by atoms with E-state index < -0.39 is 5.91 Å². The van der Waals surface area contributed by atoms with Crippen molar-refractivity contribution >= 4 is 24.6 Å². The summed E-state index contributed by atoms with van der Waals surface area (Å²) in [5.41, 5.74) is -0.129. The van der Waals surface area contributed by atoms with E-state index in [0.717, 1.165) is 17.9 Å². The van der Waals surface area contributed by atoms with Crippen molar-refractivity contribution in [2.75, 3.05) is 13.7 Å². The van der Waals surface area contributed by atoms with Crippen LogP contribution in [0.2, 0.25) is 0 Å². The van der Waals surface area contributed by atoms with Crippen LogP contribution in [0.5, 0.6) is 0 Å². The lowest BCUT2D eigenvalue weighted by molar-refractivity contribution is -0.181. The van der Waals surface area contributed by atoms with Gasteiger partial charge in [-0.2, -0.15) is 5.06 Å². The van der Waals surface area contributed by atoms with Crippen molar-refractivity contribution in [2.45, 2.75) is 46.0 Å². The zero-order valence-corrected chi connectivity index (χ0v) is 12.8. The zero-order valence-electron chi connectivity index (χ0n) is 12.8. The molecule has 0 spiro atoms. The minimum atomic E-state index is -0.399. The molecule has 1 aliphatic rings. The largest absolute Gasteiger partial charge is 0.466 e. The monoisotopic (exact) mass is 301 g/mol. The van der Waals surface area contributed by atoms with E-state index in [1.807, 2.05) is 13.8 Å². The molecule has 0 atom stereocenters. The minimum absolute atomic E-state index is 0.0127. The molecule has 0 radical (unpaired) electrons. The molecular weight excluding hydrogens is 278 g/mol. The van der Waals surface area contributed by atoms with Gasteiger partial charge in [-0.3, -0.25) is 14.4 Å². The Kier molecular flexibility index (Phi) is 9.00. The van der Waals surface area contributed by atoms with E-state index in [1.54, 1.807) is 0 Å². The molecule has 0 N–H and O–H groups in total. The van der Waals surface area contributed by atoms with Crippen LogP contribution in [-0.2, 0) is 28.8 Å². The topological polar surface area (TPSA) is 90.0 Å². The zero-order chi connectivity index (χ0) is 16.3. The van der Waals surface area contributed by atoms with Crippen LogP contribution in [-0.4, -0.2) is 43.4 Å². The van der Waals surface area contributed by atoms with Gasteiger partial charge in [-0.25, -0.2) is 0 Å². The van der Waals surface area contributed by atoms with Gasteiger partial charge in [-0.05, 0) is 26.7 Å². The molecule has 0 unspecified atom stereocenters. The molecule has 1 saturated carbocycles. The molecule has 1 amide bonds. The number of carbonyl (C=O) groups is 4. The van der Waals surface area contributed by atoms with Gasteiger partial charge in [0, 0.05) is 19.9 Å². The van der Waals surface area contributed by atoms with Crippen LogP contribution < -0.4 is 0 Å². The average molecular weight is 301 g/mol. The summed E-state index contributed by atoms with van der Waals surface area (Å²) < 4.78 is 4.91. The van der Waals surface area contributed by atoms with E-state index in [0.29, 0.717) is 12.9 Å². The maximum absolute atomic E-state index is 11.1. The number of hydroxylamine groups is 2. The second-order valence-corrected chi connectivity index (χ2v) is 4.93. The van der Waals surface area contributed by atoms with Gasteiger partial charge in [0.2, 0.25) is 0 Å². The third-order valence-corrected chi connectivity index (χ3v) is 3.25. The number of hydrogen-bond donors (Lipinski definition) is 0. The third kappa shape index (κ3) is 6.87. The third-order valence-electron chi connectivity index (χ3n) is 3.25. The number of hydrogen-bond acceptors (Lipinski definition) is 6. The first-order valence-electron chi connectivity index (χ1n) is 6.89. The fourth-order valence-electron chi connectivity index (χ4n) is 1.68. The van der Waals surface area contributed by atoms with Crippen molar-refractivity contribution in [1.29, 1.82) is 0 Å². The fourth-order valence-corrected chi connectivity index (χ4v) is 1.68. The van der Waals surface area contributed by atoms with Gasteiger partial charge < -0.3 is 14.4 Å². The van der Waals surface area contributed by atoms with Gasteiger partial charge in [-0.15, -0.1) is 0 Å². The van der Waals surface area contributed by atoms with E-state index >= 15 is 0 Å². The van der Waals surface area contributed by atoms with Crippen molar-refractivity contribution < 1.29 is 28.8 Å². The predicted molar refractivity (Wildman–Crippen MR) is 73.8 cm³/mol. The second kappa shape index (κ2) is 9.90. The van der Waals surface area contributed by atoms with Crippen molar-refractivity contribution in [3.63, 3.8) is 0 Å². The number of carbonyl (C=O) groups excluding carboxylic acids is 4. The molecule has 0 saturated heterocycles. The Hall–Kier alpha value is -1.92. The molecule has 0 bridgehead atoms. The van der Waals surface area contributed by atoms with E-state index in [2.05, 4.69) is 4.84 Å². The van der Waals surface area contributed by atoms with Gasteiger partial charge in [0.05, 0.1) is 12.0 Å². The molecule has 1 rings (SSSR count). The highest BCUT2D eigenvalue weighted by atomic mass is 16.7. The van der Waals surface area contributed by atoms with Crippen molar-refractivity contribution in [2.24, 2.45) is 5.41 Å². The van der Waals surface area contributed by atoms with Crippen LogP contribution in [0.25, 0.3) is 0 Å². The summed E-state index contributed by atoms with van der Waals surface area (Å²) in [6, 6.07) is 0. The first-order chi connectivity index (χ1) is 9.91. The van der Waals surface area contributed by atoms with Crippen LogP contribution in [0.4, 0.5) is 0 Å². The van der Waals surface area contributed by atoms with Crippen molar-refractivity contribution in [3.05, 3.63) is 0 Å². The van der Waals surface area contributed by atoms with Gasteiger partial charge in [0.15, 0.2) is 0 Å². The molecule has 0 heterocycles. The lowest BCUT2D eigenvalue weighted by Crippen LogP contribution is -2.36. The Balaban J connectivity index is 0.000000382. The summed E-state index contributed by atoms with van der Waals surface area (Å²) in [5.74, 6) is -0.412. The molecule has 21 heavy (non-hydrogen) atoms. The highest BCUT2D eigenvalue weighted by Crippen LogP contribution is 2.41. The first kappa shape index (κ1) is 19.1. The lowest BCUT2D eigenvalue weighted by Gasteiger charge is -2.35. The maximum atomic E-state index is 11.1. The number of ether oxygens (including phenoxy) is 1. The van der Waals surface area contributed by atoms with Gasteiger partial charge in [0.1, 0.15) is 6.29 Å². The fraction of sp³-hybridized carbons (Fsp3) is 0.714. The molecule has 1 aliphatic carbocycles. The van der Waals surface area contributed by atoms with Gasteiger partial charge in [0.25, 0.3) is 5.91 Å². The number of esters is 1. The molecule has 7 nitrogen and oxygen atoms in total. The highest BCUT2D eigenvalue weighted by molar-refractivity contribution is 5.77. The van der Waals surface area contributed by atoms with E-state index in [-0.39, 0.29) is 30.7 Å². The Morgan fingerprint density at radius 2 is 1.90 bits per heavy atom. The SMILES string of the molecule is CCOC(=O)C1(C)CCC1.CN(OC=O)C(=O)CCC=O. The quantitative estimate of drug-likeness (QED) is 0.399. The van der Waals surface area contributed by atoms with Crippen molar-refractivity contribution in [1.82, 2.24) is 5.06 Å². The van der Waals surface area contributed by atoms with E-state index in [4.69, 9.17) is 4.74 Å². The molecule has 1 fully saturated rings. The Morgan fingerprint density at radius 3 is 2.29 bits per heavy atom. The average Bonchev–Trinajstić information content (AvgIpc) is 2.43. The smallest absolute Gasteiger partial charge is 0.320 e. The number of aldehydes is 1. The summed E-state index contributed by atoms with van der Waals surface area (Å²) in [4.78, 5) is 45.6. The van der Waals surface area contributed by atoms with Gasteiger partial charge in [-0.1, -0.05) is 6.42 Å². The maximum Gasteiger partial charge on any atom is 0.320 e. The summed E-state index contributed by atoms with van der Waals surface area (Å²) in [6.45, 7) is 4.49. The normalized spacial score (nSPS) is 14.6. The first-order valence-corrected chi connectivity index (χ1v) is 6.89. The number of amides is 1. The second-order valence-electron chi connectivity index (χ2n) is 4.93. The van der Waals surface area contributed by atoms with E-state index in [1.165, 1.54) is 13.5 Å². The Morgan fingerprint density at radius 1 is 1.29 bits per heavy atom. The Labute approximate surface area is 124 Å². The minimum Gasteiger partial charge on any atom is -0.466 e. The molecule has 0 aliphatic heterocycles. The predicted octanol–water partition coefficient (Wildman–Crippen LogP) is 1.25. The van der Waals surface area contributed by atoms with Crippen LogP contribution >= 0.6 is 0 Å². The van der Waals surface area contributed by atoms with Gasteiger partial charge >= 0.3 is 12.4 Å². The molecule has 7 heteroatoms. The molecule has 0 aromatic rings. The van der Waals surface area contributed by atoms with Crippen LogP contribution in [0, 0.1) is 5.41 Å². The number of rotatable bonds is 7. The van der Waals surface area contributed by atoms with Crippen LogP contribution in [0.1, 0.15) is 46.0 Å². The van der Waals surface area contributed by atoms with Crippen molar-refractivity contribution in [3.8, 4) is 0 Å². The molecule has 120 valence electrons. The van der Waals surface area contributed by atoms with E-state index in [9.17, 15) is 19.2 Å². The summed E-state index contributed by atoms with van der Waals surface area (Å²) in [7, 11) is 1.31. The Bertz CT molecular complexity index is 364. The summed E-state index contributed by atoms with van der Waals surface area (Å²) in [5, 5.41) is 0.788. The van der Waals surface area contributed by atoms with Crippen LogP contribution in [0.15, 0.2) is 0 Å². The summed E-state index contributed by atoms with van der Waals surface area (Å²) in [6.07, 6.45) is 4.03. The highest BCUT2D eigenvalue weighted by Gasteiger charge is 2.40. The molecule has 0 aromatic carbocycles. The molecular formula is C14H23NO6. The van der Waals surface area contributed by atoms with Crippen LogP contribution in [0.3, 0.4) is 0 Å². The number of nitrogens with zero attached hydrogens (tertiary/aromatic N) is 1.